The molecule has 0 bridgehead atoms. The van der Waals surface area contributed by atoms with Gasteiger partial charge in [0.05, 0.1) is 0 Å². The molecule has 0 unspecified atom stereocenters. The van der Waals surface area contributed by atoms with Gasteiger partial charge >= 0.3 is 5.97 Å². The number of rotatable bonds is 4. The van der Waals surface area contributed by atoms with Crippen LogP contribution in [-0.2, 0) is 16.0 Å². The van der Waals surface area contributed by atoms with Gasteiger partial charge in [-0.05, 0) is 18.9 Å². The van der Waals surface area contributed by atoms with Crippen molar-refractivity contribution in [2.24, 2.45) is 10.7 Å². The average Bonchev–Trinajstić information content (AvgIpc) is 2.32. The molecule has 0 radical (unpaired) electrons. The highest BCUT2D eigenvalue weighted by Crippen LogP contribution is 2.01. The molecule has 0 spiro atoms. The first kappa shape index (κ1) is 15.0. The van der Waals surface area contributed by atoms with E-state index in [9.17, 15) is 4.79 Å². The number of isocyanates is 1. The number of hydrogen-bond acceptors (Lipinski definition) is 4. The summed E-state index contributed by atoms with van der Waals surface area (Å²) in [4.78, 5) is 22.7. The van der Waals surface area contributed by atoms with Crippen LogP contribution >= 0.6 is 0 Å². The molecule has 0 aliphatic rings. The number of benzene rings is 1. The van der Waals surface area contributed by atoms with E-state index in [1.807, 2.05) is 30.3 Å². The van der Waals surface area contributed by atoms with Gasteiger partial charge in [-0.15, -0.1) is 0 Å². The molecule has 17 heavy (non-hydrogen) atoms. The minimum absolute atomic E-state index is 0.385. The predicted octanol–water partition coefficient (Wildman–Crippen LogP) is 0.983. The molecule has 0 aliphatic carbocycles. The van der Waals surface area contributed by atoms with Crippen molar-refractivity contribution >= 4 is 12.0 Å². The second-order valence-electron chi connectivity index (χ2n) is 3.20. The summed E-state index contributed by atoms with van der Waals surface area (Å²) in [5.41, 5.74) is 6.30. The number of hydrogen-bond donors (Lipinski definition) is 2. The molecule has 0 heterocycles. The Bertz CT molecular complexity index is 373. The Morgan fingerprint density at radius 3 is 2.41 bits per heavy atom. The minimum Gasteiger partial charge on any atom is -0.480 e. The Hall–Kier alpha value is -1.97. The normalized spacial score (nSPS) is 10.5. The lowest BCUT2D eigenvalue weighted by Gasteiger charge is -2.04. The van der Waals surface area contributed by atoms with Crippen LogP contribution in [0.4, 0.5) is 0 Å². The number of carbonyl (C=O) groups excluding carboxylic acids is 1. The number of carboxylic acids is 1. The van der Waals surface area contributed by atoms with Crippen molar-refractivity contribution in [3.05, 3.63) is 35.9 Å². The minimum atomic E-state index is -0.959. The summed E-state index contributed by atoms with van der Waals surface area (Å²) in [6.07, 6.45) is 1.78. The van der Waals surface area contributed by atoms with Gasteiger partial charge in [-0.25, -0.2) is 9.79 Å². The molecule has 1 aromatic carbocycles. The maximum atomic E-state index is 10.4. The summed E-state index contributed by atoms with van der Waals surface area (Å²) >= 11 is 0. The molecule has 0 saturated carbocycles. The monoisotopic (exact) mass is 236 g/mol. The number of nitrogens with two attached hydrogens (primary N) is 1. The van der Waals surface area contributed by atoms with Crippen molar-refractivity contribution in [1.29, 1.82) is 0 Å². The van der Waals surface area contributed by atoms with Crippen LogP contribution in [0.5, 0.6) is 0 Å². The fourth-order valence-corrected chi connectivity index (χ4v) is 1.02. The third-order valence-electron chi connectivity index (χ3n) is 1.84. The van der Waals surface area contributed by atoms with Crippen LogP contribution in [0.3, 0.4) is 0 Å². The van der Waals surface area contributed by atoms with Gasteiger partial charge in [0.15, 0.2) is 0 Å². The Morgan fingerprint density at radius 2 is 2.06 bits per heavy atom. The van der Waals surface area contributed by atoms with Crippen molar-refractivity contribution < 1.29 is 14.7 Å². The van der Waals surface area contributed by atoms with Gasteiger partial charge in [0.2, 0.25) is 6.08 Å². The molecule has 0 fully saturated rings. The Balaban J connectivity index is 0.000000437. The molecule has 5 heteroatoms. The fraction of sp³-hybridized carbons (Fsp3) is 0.333. The summed E-state index contributed by atoms with van der Waals surface area (Å²) in [6.45, 7) is 2.33. The highest BCUT2D eigenvalue weighted by atomic mass is 16.4. The zero-order valence-electron chi connectivity index (χ0n) is 9.67. The van der Waals surface area contributed by atoms with Crippen LogP contribution in [0.25, 0.3) is 0 Å². The first-order valence-electron chi connectivity index (χ1n) is 5.17. The smallest absolute Gasteiger partial charge is 0.320 e. The van der Waals surface area contributed by atoms with Crippen molar-refractivity contribution in [2.75, 3.05) is 6.54 Å². The molecule has 1 atom stereocenters. The highest BCUT2D eigenvalue weighted by Gasteiger charge is 2.10. The number of aliphatic imine (C=N–C) groups is 1. The number of nitrogens with zero attached hydrogens (tertiary/aromatic N) is 1. The van der Waals surface area contributed by atoms with E-state index in [-0.39, 0.29) is 0 Å². The van der Waals surface area contributed by atoms with Gasteiger partial charge in [-0.3, -0.25) is 4.79 Å². The van der Waals surface area contributed by atoms with Gasteiger partial charge in [-0.1, -0.05) is 30.3 Å². The molecule has 0 amide bonds. The lowest BCUT2D eigenvalue weighted by atomic mass is 10.1. The number of carboxylic acid groups (broad SMARTS) is 1. The Morgan fingerprint density at radius 1 is 1.47 bits per heavy atom. The van der Waals surface area contributed by atoms with Gasteiger partial charge in [-0.2, -0.15) is 0 Å². The Labute approximate surface area is 100.0 Å². The van der Waals surface area contributed by atoms with E-state index in [0.29, 0.717) is 13.0 Å². The van der Waals surface area contributed by atoms with Crippen LogP contribution in [0.1, 0.15) is 12.5 Å². The fourth-order valence-electron chi connectivity index (χ4n) is 1.02. The number of carbonyl (C=O) groups is 1. The highest BCUT2D eigenvalue weighted by molar-refractivity contribution is 5.73. The van der Waals surface area contributed by atoms with E-state index in [4.69, 9.17) is 15.6 Å². The standard InChI is InChI=1S/C9H11NO2.C3H5NO/c10-8(9(11)12)6-7-4-2-1-3-5-7;1-2-4-3-5/h1-5,8H,6,10H2,(H,11,12);2H2,1H3/t8-;/m0./s1. The second kappa shape index (κ2) is 9.27. The first-order chi connectivity index (χ1) is 8.11. The van der Waals surface area contributed by atoms with Crippen LogP contribution in [-0.4, -0.2) is 29.7 Å². The van der Waals surface area contributed by atoms with Crippen molar-refractivity contribution in [3.63, 3.8) is 0 Å². The van der Waals surface area contributed by atoms with Crippen LogP contribution < -0.4 is 5.73 Å². The third-order valence-corrected chi connectivity index (χ3v) is 1.84. The predicted molar refractivity (Wildman–Crippen MR) is 64.4 cm³/mol. The zero-order valence-corrected chi connectivity index (χ0v) is 9.67. The van der Waals surface area contributed by atoms with Gasteiger partial charge in [0, 0.05) is 6.54 Å². The van der Waals surface area contributed by atoms with E-state index >= 15 is 0 Å². The van der Waals surface area contributed by atoms with Gasteiger partial charge in [0.25, 0.3) is 0 Å². The SMILES string of the molecule is CCN=C=O.N[C@@H](Cc1ccccc1)C(=O)O. The summed E-state index contributed by atoms with van der Waals surface area (Å²) in [6, 6.07) is 8.54. The molecule has 1 rings (SSSR count). The quantitative estimate of drug-likeness (QED) is 0.602. The van der Waals surface area contributed by atoms with Crippen molar-refractivity contribution in [1.82, 2.24) is 0 Å². The van der Waals surface area contributed by atoms with E-state index in [1.54, 1.807) is 6.92 Å². The topological polar surface area (TPSA) is 92.8 Å². The van der Waals surface area contributed by atoms with E-state index in [0.717, 1.165) is 5.56 Å². The summed E-state index contributed by atoms with van der Waals surface area (Å²) < 4.78 is 0. The van der Waals surface area contributed by atoms with Crippen molar-refractivity contribution in [2.45, 2.75) is 19.4 Å². The molecular formula is C12H16N2O3. The molecule has 0 aliphatic heterocycles. The molecule has 0 aromatic heterocycles. The van der Waals surface area contributed by atoms with Gasteiger partial charge in [0.1, 0.15) is 6.04 Å². The maximum absolute atomic E-state index is 10.4. The molecule has 3 N–H and O–H groups in total. The van der Waals surface area contributed by atoms with Crippen LogP contribution in [0, 0.1) is 0 Å². The van der Waals surface area contributed by atoms with E-state index < -0.39 is 12.0 Å². The third kappa shape index (κ3) is 7.90. The van der Waals surface area contributed by atoms with E-state index in [2.05, 4.69) is 4.99 Å². The van der Waals surface area contributed by atoms with Gasteiger partial charge < -0.3 is 10.8 Å². The van der Waals surface area contributed by atoms with Crippen molar-refractivity contribution in [3.8, 4) is 0 Å². The molecule has 1 aromatic rings. The number of aliphatic carboxylic acids is 1. The molecule has 5 nitrogen and oxygen atoms in total. The summed E-state index contributed by atoms with van der Waals surface area (Å²) in [5.74, 6) is -0.959. The largest absolute Gasteiger partial charge is 0.480 e. The second-order valence-corrected chi connectivity index (χ2v) is 3.20. The molecular weight excluding hydrogens is 220 g/mol. The molecule has 0 saturated heterocycles. The van der Waals surface area contributed by atoms with Crippen LogP contribution in [0.2, 0.25) is 0 Å². The first-order valence-corrected chi connectivity index (χ1v) is 5.17. The molecule has 92 valence electrons. The summed E-state index contributed by atoms with van der Waals surface area (Å²) in [7, 11) is 0. The lowest BCUT2D eigenvalue weighted by molar-refractivity contribution is -0.138. The van der Waals surface area contributed by atoms with E-state index in [1.165, 1.54) is 6.08 Å². The lowest BCUT2D eigenvalue weighted by Crippen LogP contribution is -2.32. The Kier molecular flexibility index (Phi) is 8.20. The maximum Gasteiger partial charge on any atom is 0.320 e. The van der Waals surface area contributed by atoms with Crippen LogP contribution in [0.15, 0.2) is 35.3 Å². The summed E-state index contributed by atoms with van der Waals surface area (Å²) in [5, 5.41) is 8.52. The zero-order chi connectivity index (χ0) is 13.1. The average molecular weight is 236 g/mol.